The maximum atomic E-state index is 12.4. The summed E-state index contributed by atoms with van der Waals surface area (Å²) in [6.07, 6.45) is 0. The molecule has 0 unspecified atom stereocenters. The van der Waals surface area contributed by atoms with Gasteiger partial charge in [-0.1, -0.05) is 18.2 Å². The number of non-ortho nitro benzene ring substituents is 1. The first-order valence-electron chi connectivity index (χ1n) is 8.09. The van der Waals surface area contributed by atoms with Crippen LogP contribution in [0.5, 0.6) is 0 Å². The van der Waals surface area contributed by atoms with Crippen molar-refractivity contribution in [2.75, 3.05) is 10.0 Å². The van der Waals surface area contributed by atoms with Gasteiger partial charge in [0.2, 0.25) is 0 Å². The van der Waals surface area contributed by atoms with E-state index in [0.717, 1.165) is 0 Å². The van der Waals surface area contributed by atoms with Crippen molar-refractivity contribution in [3.63, 3.8) is 0 Å². The van der Waals surface area contributed by atoms with Crippen LogP contribution in [-0.4, -0.2) is 19.2 Å². The van der Waals surface area contributed by atoms with Crippen LogP contribution in [0.15, 0.2) is 83.8 Å². The maximum Gasteiger partial charge on any atom is 0.269 e. The fourth-order valence-electron chi connectivity index (χ4n) is 2.38. The second-order valence-corrected chi connectivity index (χ2v) is 7.44. The molecule has 0 spiro atoms. The van der Waals surface area contributed by atoms with E-state index in [-0.39, 0.29) is 16.1 Å². The molecular weight excluding hydrogens is 382 g/mol. The van der Waals surface area contributed by atoms with Crippen LogP contribution >= 0.6 is 0 Å². The van der Waals surface area contributed by atoms with Gasteiger partial charge < -0.3 is 5.32 Å². The number of benzene rings is 3. The van der Waals surface area contributed by atoms with Crippen LogP contribution in [0.3, 0.4) is 0 Å². The Kier molecular flexibility index (Phi) is 5.37. The van der Waals surface area contributed by atoms with Crippen LogP contribution in [-0.2, 0) is 10.0 Å². The van der Waals surface area contributed by atoms with Gasteiger partial charge in [-0.2, -0.15) is 0 Å². The van der Waals surface area contributed by atoms with Crippen molar-refractivity contribution in [3.05, 3.63) is 94.5 Å². The van der Waals surface area contributed by atoms with Gasteiger partial charge >= 0.3 is 0 Å². The molecule has 3 rings (SSSR count). The summed E-state index contributed by atoms with van der Waals surface area (Å²) in [6, 6.07) is 19.3. The third-order valence-corrected chi connectivity index (χ3v) is 5.19. The molecule has 1 amide bonds. The number of nitrogens with zero attached hydrogens (tertiary/aromatic N) is 1. The maximum absolute atomic E-state index is 12.4. The van der Waals surface area contributed by atoms with Crippen molar-refractivity contribution in [1.29, 1.82) is 0 Å². The lowest BCUT2D eigenvalue weighted by Gasteiger charge is -2.09. The highest BCUT2D eigenvalue weighted by molar-refractivity contribution is 7.92. The molecule has 28 heavy (non-hydrogen) atoms. The Hall–Kier alpha value is -3.72. The van der Waals surface area contributed by atoms with Crippen LogP contribution < -0.4 is 10.0 Å². The Balaban J connectivity index is 1.70. The van der Waals surface area contributed by atoms with Gasteiger partial charge in [0.05, 0.1) is 9.82 Å². The molecule has 0 bridgehead atoms. The molecule has 0 heterocycles. The van der Waals surface area contributed by atoms with E-state index in [1.807, 2.05) is 0 Å². The van der Waals surface area contributed by atoms with Gasteiger partial charge in [-0.15, -0.1) is 0 Å². The smallest absolute Gasteiger partial charge is 0.269 e. The Bertz CT molecular complexity index is 1100. The minimum Gasteiger partial charge on any atom is -0.322 e. The zero-order chi connectivity index (χ0) is 20.1. The number of hydrogen-bond donors (Lipinski definition) is 2. The lowest BCUT2D eigenvalue weighted by Crippen LogP contribution is -2.14. The quantitative estimate of drug-likeness (QED) is 0.486. The van der Waals surface area contributed by atoms with Crippen LogP contribution in [0.4, 0.5) is 17.1 Å². The van der Waals surface area contributed by atoms with Gasteiger partial charge in [-0.3, -0.25) is 19.6 Å². The second kappa shape index (κ2) is 7.89. The second-order valence-electron chi connectivity index (χ2n) is 5.75. The SMILES string of the molecule is O=C(Nc1ccc(S(=O)(=O)Nc2ccccc2)cc1)c1ccc([N+](=O)[O-])cc1. The summed E-state index contributed by atoms with van der Waals surface area (Å²) in [4.78, 5) is 22.4. The van der Waals surface area contributed by atoms with Crippen molar-refractivity contribution < 1.29 is 18.1 Å². The van der Waals surface area contributed by atoms with Gasteiger partial charge in [0.25, 0.3) is 21.6 Å². The molecule has 0 saturated heterocycles. The number of carbonyl (C=O) groups excluding carboxylic acids is 1. The van der Waals surface area contributed by atoms with E-state index < -0.39 is 20.9 Å². The Morgan fingerprint density at radius 3 is 2.00 bits per heavy atom. The molecule has 9 heteroatoms. The number of amides is 1. The zero-order valence-corrected chi connectivity index (χ0v) is 15.2. The predicted molar refractivity (Wildman–Crippen MR) is 105 cm³/mol. The van der Waals surface area contributed by atoms with E-state index in [1.54, 1.807) is 30.3 Å². The van der Waals surface area contributed by atoms with Crippen LogP contribution in [0.2, 0.25) is 0 Å². The Labute approximate surface area is 161 Å². The molecule has 0 radical (unpaired) electrons. The summed E-state index contributed by atoms with van der Waals surface area (Å²) < 4.78 is 27.2. The number of nitrogens with one attached hydrogen (secondary N) is 2. The van der Waals surface area contributed by atoms with E-state index >= 15 is 0 Å². The average molecular weight is 397 g/mol. The summed E-state index contributed by atoms with van der Waals surface area (Å²) in [5, 5.41) is 13.3. The number of hydrogen-bond acceptors (Lipinski definition) is 5. The van der Waals surface area contributed by atoms with Crippen molar-refractivity contribution >= 4 is 33.0 Å². The number of sulfonamides is 1. The van der Waals surface area contributed by atoms with E-state index in [4.69, 9.17) is 0 Å². The standard InChI is InChI=1S/C19H15N3O5S/c23-19(14-6-10-17(11-7-14)22(24)25)20-15-8-12-18(13-9-15)28(26,27)21-16-4-2-1-3-5-16/h1-13,21H,(H,20,23). The van der Waals surface area contributed by atoms with Crippen LogP contribution in [0.1, 0.15) is 10.4 Å². The van der Waals surface area contributed by atoms with Crippen LogP contribution in [0.25, 0.3) is 0 Å². The number of para-hydroxylation sites is 1. The minimum atomic E-state index is -3.75. The van der Waals surface area contributed by atoms with Crippen molar-refractivity contribution in [1.82, 2.24) is 0 Å². The third kappa shape index (κ3) is 4.51. The summed E-state index contributed by atoms with van der Waals surface area (Å²) in [6.45, 7) is 0. The first-order chi connectivity index (χ1) is 13.3. The summed E-state index contributed by atoms with van der Waals surface area (Å²) in [7, 11) is -3.75. The fraction of sp³-hybridized carbons (Fsp3) is 0. The van der Waals surface area contributed by atoms with E-state index in [0.29, 0.717) is 11.4 Å². The number of nitro groups is 1. The van der Waals surface area contributed by atoms with Crippen molar-refractivity contribution in [2.45, 2.75) is 4.90 Å². The van der Waals surface area contributed by atoms with Crippen molar-refractivity contribution in [2.24, 2.45) is 0 Å². The molecule has 0 atom stereocenters. The Morgan fingerprint density at radius 2 is 1.43 bits per heavy atom. The number of nitro benzene ring substituents is 1. The number of anilines is 2. The highest BCUT2D eigenvalue weighted by Crippen LogP contribution is 2.19. The molecule has 0 aromatic heterocycles. The van der Waals surface area contributed by atoms with Crippen LogP contribution in [0, 0.1) is 10.1 Å². The summed E-state index contributed by atoms with van der Waals surface area (Å²) in [5.41, 5.74) is 0.963. The van der Waals surface area contributed by atoms with Crippen molar-refractivity contribution in [3.8, 4) is 0 Å². The normalized spacial score (nSPS) is 10.9. The molecular formula is C19H15N3O5S. The van der Waals surface area contributed by atoms with Gasteiger partial charge in [0.1, 0.15) is 0 Å². The number of carbonyl (C=O) groups is 1. The fourth-order valence-corrected chi connectivity index (χ4v) is 3.43. The molecule has 0 aliphatic rings. The topological polar surface area (TPSA) is 118 Å². The molecule has 0 saturated carbocycles. The monoisotopic (exact) mass is 397 g/mol. The minimum absolute atomic E-state index is 0.0460. The average Bonchev–Trinajstić information content (AvgIpc) is 2.69. The highest BCUT2D eigenvalue weighted by Gasteiger charge is 2.15. The first-order valence-corrected chi connectivity index (χ1v) is 9.57. The molecule has 3 aromatic rings. The Morgan fingerprint density at radius 1 is 0.821 bits per heavy atom. The van der Waals surface area contributed by atoms with E-state index in [9.17, 15) is 23.3 Å². The van der Waals surface area contributed by atoms with Gasteiger partial charge in [0, 0.05) is 29.1 Å². The van der Waals surface area contributed by atoms with Gasteiger partial charge in [-0.05, 0) is 48.5 Å². The molecule has 3 aromatic carbocycles. The highest BCUT2D eigenvalue weighted by atomic mass is 32.2. The largest absolute Gasteiger partial charge is 0.322 e. The molecule has 0 fully saturated rings. The summed E-state index contributed by atoms with van der Waals surface area (Å²) in [5.74, 6) is -0.465. The van der Waals surface area contributed by atoms with Gasteiger partial charge in [-0.25, -0.2) is 8.42 Å². The molecule has 8 nitrogen and oxygen atoms in total. The molecule has 0 aliphatic carbocycles. The molecule has 2 N–H and O–H groups in total. The molecule has 142 valence electrons. The van der Waals surface area contributed by atoms with Gasteiger partial charge in [0.15, 0.2) is 0 Å². The van der Waals surface area contributed by atoms with E-state index in [2.05, 4.69) is 10.0 Å². The molecule has 0 aliphatic heterocycles. The third-order valence-electron chi connectivity index (χ3n) is 3.79. The predicted octanol–water partition coefficient (Wildman–Crippen LogP) is 3.65. The number of rotatable bonds is 6. The van der Waals surface area contributed by atoms with E-state index in [1.165, 1.54) is 48.5 Å². The summed E-state index contributed by atoms with van der Waals surface area (Å²) >= 11 is 0. The lowest BCUT2D eigenvalue weighted by atomic mass is 10.2. The first kappa shape index (κ1) is 19.1. The zero-order valence-electron chi connectivity index (χ0n) is 14.4. The lowest BCUT2D eigenvalue weighted by molar-refractivity contribution is -0.384.